The van der Waals surface area contributed by atoms with E-state index in [-0.39, 0.29) is 0 Å². The van der Waals surface area contributed by atoms with Gasteiger partial charge in [-0.15, -0.1) is 0 Å². The van der Waals surface area contributed by atoms with E-state index in [2.05, 4.69) is 11.9 Å². The number of aliphatic hydroxyl groups is 1. The van der Waals surface area contributed by atoms with E-state index in [9.17, 15) is 5.11 Å². The first kappa shape index (κ1) is 18.4. The smallest absolute Gasteiger partial charge is 0.120 e. The SMILES string of the molecule is CCCCCCC(O)c1cccc(COc2ccc3ncccc3c2)c1. The molecule has 0 aliphatic carbocycles. The lowest BCUT2D eigenvalue weighted by Crippen LogP contribution is -2.01. The number of ether oxygens (including phenoxy) is 1. The number of hydrogen-bond donors (Lipinski definition) is 1. The van der Waals surface area contributed by atoms with Crippen molar-refractivity contribution in [3.8, 4) is 5.75 Å². The van der Waals surface area contributed by atoms with Crippen LogP contribution in [0.4, 0.5) is 0 Å². The molecule has 3 rings (SSSR count). The van der Waals surface area contributed by atoms with Crippen LogP contribution in [0.3, 0.4) is 0 Å². The van der Waals surface area contributed by atoms with Gasteiger partial charge in [-0.05, 0) is 47.9 Å². The quantitative estimate of drug-likeness (QED) is 0.495. The largest absolute Gasteiger partial charge is 0.489 e. The predicted octanol–water partition coefficient (Wildman–Crippen LogP) is 5.82. The fourth-order valence-electron chi connectivity index (χ4n) is 3.13. The van der Waals surface area contributed by atoms with E-state index in [1.165, 1.54) is 19.3 Å². The highest BCUT2D eigenvalue weighted by atomic mass is 16.5. The summed E-state index contributed by atoms with van der Waals surface area (Å²) < 4.78 is 5.94. The van der Waals surface area contributed by atoms with Crippen LogP contribution in [0.2, 0.25) is 0 Å². The molecule has 0 amide bonds. The Morgan fingerprint density at radius 2 is 1.92 bits per heavy atom. The molecule has 0 spiro atoms. The second kappa shape index (κ2) is 9.35. The van der Waals surface area contributed by atoms with Crippen molar-refractivity contribution in [2.45, 2.75) is 51.7 Å². The Hall–Kier alpha value is -2.39. The van der Waals surface area contributed by atoms with Crippen molar-refractivity contribution < 1.29 is 9.84 Å². The normalized spacial score (nSPS) is 12.2. The molecule has 2 aromatic carbocycles. The maximum Gasteiger partial charge on any atom is 0.120 e. The minimum absolute atomic E-state index is 0.390. The predicted molar refractivity (Wildman–Crippen MR) is 106 cm³/mol. The Bertz CT molecular complexity index is 831. The molecule has 1 heterocycles. The van der Waals surface area contributed by atoms with Crippen molar-refractivity contribution in [1.29, 1.82) is 0 Å². The van der Waals surface area contributed by atoms with Gasteiger partial charge in [0.2, 0.25) is 0 Å². The Morgan fingerprint density at radius 3 is 2.81 bits per heavy atom. The van der Waals surface area contributed by atoms with Gasteiger partial charge in [-0.1, -0.05) is 56.9 Å². The summed E-state index contributed by atoms with van der Waals surface area (Å²) in [6, 6.07) is 18.0. The number of hydrogen-bond acceptors (Lipinski definition) is 3. The molecule has 0 aliphatic heterocycles. The van der Waals surface area contributed by atoms with E-state index < -0.39 is 6.10 Å². The average molecular weight is 349 g/mol. The van der Waals surface area contributed by atoms with Crippen molar-refractivity contribution in [2.75, 3.05) is 0 Å². The summed E-state index contributed by atoms with van der Waals surface area (Å²) in [6.45, 7) is 2.69. The standard InChI is InChI=1S/C23H27NO2/c1-2-3-4-5-11-23(25)20-9-6-8-18(15-20)17-26-21-12-13-22-19(16-21)10-7-14-24-22/h6-10,12-16,23,25H,2-5,11,17H2,1H3. The van der Waals surface area contributed by atoms with Crippen molar-refractivity contribution in [3.05, 3.63) is 71.9 Å². The van der Waals surface area contributed by atoms with Gasteiger partial charge in [-0.25, -0.2) is 0 Å². The molecule has 26 heavy (non-hydrogen) atoms. The molecule has 136 valence electrons. The van der Waals surface area contributed by atoms with Crippen LogP contribution in [0.1, 0.15) is 56.3 Å². The minimum Gasteiger partial charge on any atom is -0.489 e. The molecular formula is C23H27NO2. The zero-order valence-electron chi connectivity index (χ0n) is 15.4. The van der Waals surface area contributed by atoms with Gasteiger partial charge in [0.25, 0.3) is 0 Å². The summed E-state index contributed by atoms with van der Waals surface area (Å²) in [6.07, 6.45) is 6.94. The topological polar surface area (TPSA) is 42.4 Å². The highest BCUT2D eigenvalue weighted by Gasteiger charge is 2.08. The number of aliphatic hydroxyl groups excluding tert-OH is 1. The molecule has 0 radical (unpaired) electrons. The highest BCUT2D eigenvalue weighted by molar-refractivity contribution is 5.79. The summed E-state index contributed by atoms with van der Waals surface area (Å²) in [5, 5.41) is 11.5. The van der Waals surface area contributed by atoms with E-state index in [0.717, 1.165) is 40.6 Å². The molecule has 0 saturated heterocycles. The van der Waals surface area contributed by atoms with Crippen LogP contribution in [-0.2, 0) is 6.61 Å². The average Bonchev–Trinajstić information content (AvgIpc) is 2.69. The summed E-state index contributed by atoms with van der Waals surface area (Å²) >= 11 is 0. The molecular weight excluding hydrogens is 322 g/mol. The van der Waals surface area contributed by atoms with Crippen molar-refractivity contribution >= 4 is 10.9 Å². The molecule has 1 aromatic heterocycles. The molecule has 3 nitrogen and oxygen atoms in total. The molecule has 0 bridgehead atoms. The molecule has 1 atom stereocenters. The molecule has 0 aliphatic rings. The Morgan fingerprint density at radius 1 is 1.00 bits per heavy atom. The Labute approximate surface area is 155 Å². The van der Waals surface area contributed by atoms with Gasteiger partial charge < -0.3 is 9.84 Å². The zero-order valence-corrected chi connectivity index (χ0v) is 15.4. The van der Waals surface area contributed by atoms with Crippen LogP contribution in [0.15, 0.2) is 60.8 Å². The van der Waals surface area contributed by atoms with Gasteiger partial charge >= 0.3 is 0 Å². The van der Waals surface area contributed by atoms with E-state index in [4.69, 9.17) is 4.74 Å². The lowest BCUT2D eigenvalue weighted by molar-refractivity contribution is 0.163. The number of unbranched alkanes of at least 4 members (excludes halogenated alkanes) is 3. The third-order valence-electron chi connectivity index (χ3n) is 4.65. The fraction of sp³-hybridized carbons (Fsp3) is 0.348. The van der Waals surface area contributed by atoms with Gasteiger partial charge in [0.1, 0.15) is 12.4 Å². The van der Waals surface area contributed by atoms with Crippen LogP contribution >= 0.6 is 0 Å². The maximum atomic E-state index is 10.4. The number of nitrogens with zero attached hydrogens (tertiary/aromatic N) is 1. The van der Waals surface area contributed by atoms with E-state index in [0.29, 0.717) is 6.61 Å². The lowest BCUT2D eigenvalue weighted by atomic mass is 10.0. The van der Waals surface area contributed by atoms with Crippen molar-refractivity contribution in [2.24, 2.45) is 0 Å². The van der Waals surface area contributed by atoms with Gasteiger partial charge in [-0.3, -0.25) is 4.98 Å². The first-order chi connectivity index (χ1) is 12.8. The lowest BCUT2D eigenvalue weighted by Gasteiger charge is -2.13. The molecule has 0 fully saturated rings. The number of benzene rings is 2. The van der Waals surface area contributed by atoms with Crippen LogP contribution in [0.25, 0.3) is 10.9 Å². The third kappa shape index (κ3) is 5.06. The van der Waals surface area contributed by atoms with Crippen LogP contribution < -0.4 is 4.74 Å². The van der Waals surface area contributed by atoms with Crippen molar-refractivity contribution in [1.82, 2.24) is 4.98 Å². The maximum absolute atomic E-state index is 10.4. The van der Waals surface area contributed by atoms with Gasteiger partial charge in [-0.2, -0.15) is 0 Å². The number of aromatic nitrogens is 1. The van der Waals surface area contributed by atoms with Gasteiger partial charge in [0.15, 0.2) is 0 Å². The first-order valence-corrected chi connectivity index (χ1v) is 9.51. The van der Waals surface area contributed by atoms with E-state index >= 15 is 0 Å². The second-order valence-corrected chi connectivity index (χ2v) is 6.76. The molecule has 0 saturated carbocycles. The van der Waals surface area contributed by atoms with Crippen LogP contribution in [-0.4, -0.2) is 10.1 Å². The summed E-state index contributed by atoms with van der Waals surface area (Å²) in [5.41, 5.74) is 3.01. The van der Waals surface area contributed by atoms with Crippen molar-refractivity contribution in [3.63, 3.8) is 0 Å². The fourth-order valence-corrected chi connectivity index (χ4v) is 3.13. The van der Waals surface area contributed by atoms with Crippen LogP contribution in [0.5, 0.6) is 5.75 Å². The highest BCUT2D eigenvalue weighted by Crippen LogP contribution is 2.23. The Kier molecular flexibility index (Phi) is 6.62. The van der Waals surface area contributed by atoms with E-state index in [1.807, 2.05) is 54.6 Å². The van der Waals surface area contributed by atoms with Crippen LogP contribution in [0, 0.1) is 0 Å². The van der Waals surface area contributed by atoms with E-state index in [1.54, 1.807) is 6.20 Å². The Balaban J connectivity index is 1.59. The molecule has 1 N–H and O–H groups in total. The van der Waals surface area contributed by atoms with Gasteiger partial charge in [0.05, 0.1) is 11.6 Å². The number of pyridine rings is 1. The molecule has 3 aromatic rings. The molecule has 1 unspecified atom stereocenters. The third-order valence-corrected chi connectivity index (χ3v) is 4.65. The minimum atomic E-state index is -0.390. The number of rotatable bonds is 9. The first-order valence-electron chi connectivity index (χ1n) is 9.51. The molecule has 3 heteroatoms. The number of fused-ring (bicyclic) bond motifs is 1. The second-order valence-electron chi connectivity index (χ2n) is 6.76. The summed E-state index contributed by atoms with van der Waals surface area (Å²) in [4.78, 5) is 4.32. The summed E-state index contributed by atoms with van der Waals surface area (Å²) in [5.74, 6) is 0.830. The zero-order chi connectivity index (χ0) is 18.2. The van der Waals surface area contributed by atoms with Gasteiger partial charge in [0, 0.05) is 11.6 Å². The monoisotopic (exact) mass is 349 g/mol. The summed E-state index contributed by atoms with van der Waals surface area (Å²) in [7, 11) is 0.